The first-order valence-electron chi connectivity index (χ1n) is 8.89. The number of anilines is 1. The highest BCUT2D eigenvalue weighted by Crippen LogP contribution is 2.35. The molecule has 1 aliphatic rings. The number of aromatic nitrogens is 1. The zero-order valence-corrected chi connectivity index (χ0v) is 17.3. The number of ether oxygens (including phenoxy) is 1. The van der Waals surface area contributed by atoms with E-state index in [0.717, 1.165) is 5.56 Å². The van der Waals surface area contributed by atoms with E-state index < -0.39 is 21.5 Å². The Morgan fingerprint density at radius 3 is 2.90 bits per heavy atom. The van der Waals surface area contributed by atoms with Crippen LogP contribution in [0.4, 0.5) is 5.69 Å². The lowest BCUT2D eigenvalue weighted by Crippen LogP contribution is -2.48. The van der Waals surface area contributed by atoms with E-state index in [-0.39, 0.29) is 22.9 Å². The Kier molecular flexibility index (Phi) is 5.26. The van der Waals surface area contributed by atoms with Gasteiger partial charge in [-0.15, -0.1) is 6.58 Å². The third-order valence-corrected chi connectivity index (χ3v) is 6.37. The molecule has 0 fully saturated rings. The number of benzene rings is 1. The van der Waals surface area contributed by atoms with Crippen molar-refractivity contribution < 1.29 is 17.9 Å². The molecule has 2 aromatic rings. The third-order valence-electron chi connectivity index (χ3n) is 4.73. The van der Waals surface area contributed by atoms with E-state index in [1.54, 1.807) is 45.2 Å². The van der Waals surface area contributed by atoms with Crippen molar-refractivity contribution in [3.05, 3.63) is 53.9 Å². The summed E-state index contributed by atoms with van der Waals surface area (Å²) in [5, 5.41) is 11.9. The Hall–Kier alpha value is -3.09. The molecule has 1 aromatic carbocycles. The molecule has 0 radical (unpaired) electrons. The number of aryl methyl sites for hydroxylation is 2. The monoisotopic (exact) mass is 414 g/mol. The van der Waals surface area contributed by atoms with Crippen LogP contribution < -0.4 is 14.8 Å². The van der Waals surface area contributed by atoms with Crippen LogP contribution in [0.25, 0.3) is 0 Å². The molecule has 1 unspecified atom stereocenters. The number of hydrogen-bond acceptors (Lipinski definition) is 5. The summed E-state index contributed by atoms with van der Waals surface area (Å²) in [7, 11) is -2.33. The average molecular weight is 414 g/mol. The predicted octanol–water partition coefficient (Wildman–Crippen LogP) is 2.46. The maximum absolute atomic E-state index is 12.9. The van der Waals surface area contributed by atoms with Gasteiger partial charge in [0.25, 0.3) is 5.91 Å². The Morgan fingerprint density at radius 1 is 1.52 bits per heavy atom. The molecule has 8 nitrogen and oxygen atoms in total. The quantitative estimate of drug-likeness (QED) is 0.746. The van der Waals surface area contributed by atoms with Gasteiger partial charge in [0.05, 0.1) is 17.2 Å². The van der Waals surface area contributed by atoms with Gasteiger partial charge in [0.15, 0.2) is 11.4 Å². The molecule has 0 bridgehead atoms. The molecule has 0 spiro atoms. The van der Waals surface area contributed by atoms with Crippen LogP contribution in [0.3, 0.4) is 0 Å². The van der Waals surface area contributed by atoms with E-state index in [4.69, 9.17) is 4.74 Å². The van der Waals surface area contributed by atoms with E-state index in [9.17, 15) is 18.5 Å². The van der Waals surface area contributed by atoms with E-state index in [1.165, 1.54) is 10.8 Å². The fraction of sp³-hybridized carbons (Fsp3) is 0.300. The molecule has 0 aliphatic carbocycles. The van der Waals surface area contributed by atoms with E-state index in [0.29, 0.717) is 17.7 Å². The molecule has 1 atom stereocenters. The molecule has 152 valence electrons. The number of nitriles is 1. The van der Waals surface area contributed by atoms with Crippen LogP contribution in [0.2, 0.25) is 0 Å². The normalized spacial score (nSPS) is 19.9. The lowest BCUT2D eigenvalue weighted by molar-refractivity contribution is 0.101. The van der Waals surface area contributed by atoms with Crippen molar-refractivity contribution in [2.24, 2.45) is 7.05 Å². The second-order valence-corrected chi connectivity index (χ2v) is 8.98. The van der Waals surface area contributed by atoms with Gasteiger partial charge in [0.1, 0.15) is 11.5 Å². The smallest absolute Gasteiger partial charge is 0.276 e. The number of carbonyl (C=O) groups excluding carboxylic acids is 1. The Bertz CT molecular complexity index is 1140. The minimum Gasteiger partial charge on any atom is -0.488 e. The summed E-state index contributed by atoms with van der Waals surface area (Å²) < 4.78 is 35.5. The number of nitrogens with zero attached hydrogens (tertiary/aromatic N) is 2. The number of nitrogens with one attached hydrogen (secondary N) is 2. The molecule has 0 saturated carbocycles. The van der Waals surface area contributed by atoms with Gasteiger partial charge in [-0.1, -0.05) is 12.1 Å². The maximum atomic E-state index is 12.9. The summed E-state index contributed by atoms with van der Waals surface area (Å²) >= 11 is 0. The van der Waals surface area contributed by atoms with Gasteiger partial charge in [-0.2, -0.15) is 5.26 Å². The lowest BCUT2D eigenvalue weighted by Gasteiger charge is -2.26. The van der Waals surface area contributed by atoms with Crippen LogP contribution in [0.15, 0.2) is 41.9 Å². The first-order valence-corrected chi connectivity index (χ1v) is 10.4. The Labute approximate surface area is 169 Å². The van der Waals surface area contributed by atoms with Crippen molar-refractivity contribution in [1.82, 2.24) is 9.29 Å². The summed E-state index contributed by atoms with van der Waals surface area (Å²) in [4.78, 5) is 12.8. The van der Waals surface area contributed by atoms with Crippen molar-refractivity contribution in [2.75, 3.05) is 11.9 Å². The minimum atomic E-state index is -3.90. The second-order valence-electron chi connectivity index (χ2n) is 7.33. The molecule has 2 N–H and O–H groups in total. The standard InChI is InChI=1S/C20H22N4O4S/c1-5-8-20(3)12-28-18-16(29(26,27)23-20)11-24(4)17(18)19(25)22-15-7-6-13(2)14(9-15)10-21/h5-7,9,11,23H,1,8,12H2,2-4H3,(H,22,25). The average Bonchev–Trinajstić information content (AvgIpc) is 2.94. The maximum Gasteiger partial charge on any atom is 0.276 e. The summed E-state index contributed by atoms with van der Waals surface area (Å²) in [6.07, 6.45) is 3.33. The molecule has 29 heavy (non-hydrogen) atoms. The number of rotatable bonds is 4. The zero-order chi connectivity index (χ0) is 21.4. The number of carbonyl (C=O) groups is 1. The van der Waals surface area contributed by atoms with Gasteiger partial charge in [-0.3, -0.25) is 4.79 Å². The molecule has 3 rings (SSSR count). The van der Waals surface area contributed by atoms with Crippen LogP contribution in [0, 0.1) is 18.3 Å². The van der Waals surface area contributed by atoms with Crippen LogP contribution >= 0.6 is 0 Å². The predicted molar refractivity (Wildman–Crippen MR) is 108 cm³/mol. The SMILES string of the molecule is C=CCC1(C)COc2c(cn(C)c2C(=O)Nc2ccc(C)c(C#N)c2)S(=O)(=O)N1. The van der Waals surface area contributed by atoms with Crippen LogP contribution in [-0.4, -0.2) is 31.0 Å². The summed E-state index contributed by atoms with van der Waals surface area (Å²) in [5.41, 5.74) is 0.861. The van der Waals surface area contributed by atoms with Gasteiger partial charge in [-0.25, -0.2) is 13.1 Å². The molecule has 0 saturated heterocycles. The molecule has 2 heterocycles. The topological polar surface area (TPSA) is 113 Å². The Balaban J connectivity index is 1.99. The van der Waals surface area contributed by atoms with E-state index >= 15 is 0 Å². The Morgan fingerprint density at radius 2 is 2.24 bits per heavy atom. The summed E-state index contributed by atoms with van der Waals surface area (Å²) in [6.45, 7) is 7.22. The van der Waals surface area contributed by atoms with E-state index in [1.807, 2.05) is 0 Å². The molecule has 1 aromatic heterocycles. The van der Waals surface area contributed by atoms with Crippen molar-refractivity contribution in [3.8, 4) is 11.8 Å². The second kappa shape index (κ2) is 7.39. The fourth-order valence-electron chi connectivity index (χ4n) is 3.24. The van der Waals surface area contributed by atoms with Crippen LogP contribution in [-0.2, 0) is 17.1 Å². The minimum absolute atomic E-state index is 0.00194. The highest BCUT2D eigenvalue weighted by Gasteiger charge is 2.39. The molecular formula is C20H22N4O4S. The van der Waals surface area contributed by atoms with Crippen LogP contribution in [0.1, 0.15) is 35.0 Å². The van der Waals surface area contributed by atoms with Crippen molar-refractivity contribution in [2.45, 2.75) is 30.7 Å². The molecule has 1 aliphatic heterocycles. The third kappa shape index (κ3) is 3.90. The van der Waals surface area contributed by atoms with Crippen LogP contribution in [0.5, 0.6) is 5.75 Å². The van der Waals surface area contributed by atoms with E-state index in [2.05, 4.69) is 22.7 Å². The van der Waals surface area contributed by atoms with Crippen molar-refractivity contribution in [3.63, 3.8) is 0 Å². The number of fused-ring (bicyclic) bond motifs is 1. The summed E-state index contributed by atoms with van der Waals surface area (Å²) in [6, 6.07) is 7.04. The molecular weight excluding hydrogens is 392 g/mol. The first-order chi connectivity index (χ1) is 13.6. The van der Waals surface area contributed by atoms with Gasteiger partial charge in [0.2, 0.25) is 10.0 Å². The van der Waals surface area contributed by atoms with Gasteiger partial charge in [-0.05, 0) is 38.0 Å². The zero-order valence-electron chi connectivity index (χ0n) is 16.4. The van der Waals surface area contributed by atoms with Crippen molar-refractivity contribution in [1.29, 1.82) is 5.26 Å². The number of sulfonamides is 1. The highest BCUT2D eigenvalue weighted by atomic mass is 32.2. The molecule has 1 amide bonds. The lowest BCUT2D eigenvalue weighted by atomic mass is 10.0. The highest BCUT2D eigenvalue weighted by molar-refractivity contribution is 7.89. The van der Waals surface area contributed by atoms with Gasteiger partial charge in [0, 0.05) is 18.9 Å². The number of hydrogen-bond donors (Lipinski definition) is 2. The number of amides is 1. The summed E-state index contributed by atoms with van der Waals surface area (Å²) in [5.74, 6) is -0.540. The van der Waals surface area contributed by atoms with Crippen molar-refractivity contribution >= 4 is 21.6 Å². The fourth-order valence-corrected chi connectivity index (χ4v) is 4.84. The molecule has 9 heteroatoms. The first kappa shape index (κ1) is 20.6. The van der Waals surface area contributed by atoms with Gasteiger partial charge >= 0.3 is 0 Å². The largest absolute Gasteiger partial charge is 0.488 e. The van der Waals surface area contributed by atoms with Gasteiger partial charge < -0.3 is 14.6 Å².